The standard InChI is InChI=1S/C22H23NO5/c1-2-14-11-27-13-20(21(24)25)23(14)22(26)28-12-19-17-9-5-3-7-15(17)16-8-4-6-10-18(16)19/h3-10,14,19-20H,2,11-13H2,1H3,(H,24,25)/t14-,20-/m0/s1. The van der Waals surface area contributed by atoms with Crippen molar-refractivity contribution in [2.24, 2.45) is 0 Å². The zero-order valence-electron chi connectivity index (χ0n) is 15.7. The number of amides is 1. The van der Waals surface area contributed by atoms with Gasteiger partial charge in [-0.3, -0.25) is 4.90 Å². The molecule has 1 N–H and O–H groups in total. The van der Waals surface area contributed by atoms with E-state index in [4.69, 9.17) is 9.47 Å². The smallest absolute Gasteiger partial charge is 0.410 e. The number of fused-ring (bicyclic) bond motifs is 3. The Bertz CT molecular complexity index is 851. The van der Waals surface area contributed by atoms with E-state index in [9.17, 15) is 14.7 Å². The van der Waals surface area contributed by atoms with E-state index >= 15 is 0 Å². The molecule has 0 unspecified atom stereocenters. The molecule has 0 aromatic heterocycles. The maximum Gasteiger partial charge on any atom is 0.410 e. The summed E-state index contributed by atoms with van der Waals surface area (Å²) in [5.74, 6) is -1.13. The lowest BCUT2D eigenvalue weighted by Gasteiger charge is -2.38. The summed E-state index contributed by atoms with van der Waals surface area (Å²) in [6.45, 7) is 2.38. The fourth-order valence-electron chi connectivity index (χ4n) is 4.18. The Balaban J connectivity index is 1.55. The van der Waals surface area contributed by atoms with Crippen LogP contribution in [0.1, 0.15) is 30.4 Å². The van der Waals surface area contributed by atoms with Crippen LogP contribution >= 0.6 is 0 Å². The highest BCUT2D eigenvalue weighted by Crippen LogP contribution is 2.44. The Morgan fingerprint density at radius 2 is 1.68 bits per heavy atom. The number of rotatable bonds is 4. The summed E-state index contributed by atoms with van der Waals surface area (Å²) in [6.07, 6.45) is 0.0120. The number of morpholine rings is 1. The van der Waals surface area contributed by atoms with Gasteiger partial charge in [0.2, 0.25) is 0 Å². The zero-order chi connectivity index (χ0) is 19.7. The van der Waals surface area contributed by atoms with Gasteiger partial charge in [-0.1, -0.05) is 55.5 Å². The Morgan fingerprint density at radius 3 is 2.25 bits per heavy atom. The molecule has 1 aliphatic carbocycles. The van der Waals surface area contributed by atoms with Crippen LogP contribution < -0.4 is 0 Å². The SMILES string of the molecule is CC[C@H]1COC[C@@H](C(=O)O)N1C(=O)OCC1c2ccccc2-c2ccccc21. The van der Waals surface area contributed by atoms with Gasteiger partial charge in [0.25, 0.3) is 0 Å². The Hall–Kier alpha value is -2.86. The predicted octanol–water partition coefficient (Wildman–Crippen LogP) is 3.50. The van der Waals surface area contributed by atoms with Crippen molar-refractivity contribution < 1.29 is 24.2 Å². The Labute approximate surface area is 163 Å². The number of aliphatic carboxylic acids is 1. The van der Waals surface area contributed by atoms with Crippen LogP contribution in [0.25, 0.3) is 11.1 Å². The van der Waals surface area contributed by atoms with Gasteiger partial charge in [-0.2, -0.15) is 0 Å². The third kappa shape index (κ3) is 3.14. The average Bonchev–Trinajstić information content (AvgIpc) is 3.05. The van der Waals surface area contributed by atoms with Crippen LogP contribution in [0, 0.1) is 0 Å². The van der Waals surface area contributed by atoms with Gasteiger partial charge in [0.15, 0.2) is 6.04 Å². The Kier molecular flexibility index (Phi) is 5.05. The summed E-state index contributed by atoms with van der Waals surface area (Å²) in [5.41, 5.74) is 4.56. The molecule has 0 bridgehead atoms. The van der Waals surface area contributed by atoms with E-state index in [0.29, 0.717) is 13.0 Å². The van der Waals surface area contributed by atoms with Crippen LogP contribution in [0.5, 0.6) is 0 Å². The number of nitrogens with zero attached hydrogens (tertiary/aromatic N) is 1. The van der Waals surface area contributed by atoms with Crippen LogP contribution in [0.15, 0.2) is 48.5 Å². The van der Waals surface area contributed by atoms with E-state index in [1.807, 2.05) is 31.2 Å². The minimum absolute atomic E-state index is 0.0178. The van der Waals surface area contributed by atoms with E-state index in [2.05, 4.69) is 24.3 Å². The van der Waals surface area contributed by atoms with Crippen LogP contribution in [0.2, 0.25) is 0 Å². The molecule has 2 aliphatic rings. The number of carbonyl (C=O) groups is 2. The van der Waals surface area contributed by atoms with Crippen LogP contribution in [0.3, 0.4) is 0 Å². The molecule has 6 heteroatoms. The molecule has 6 nitrogen and oxygen atoms in total. The largest absolute Gasteiger partial charge is 0.480 e. The quantitative estimate of drug-likeness (QED) is 0.877. The molecule has 2 aromatic carbocycles. The molecule has 1 amide bonds. The third-order valence-corrected chi connectivity index (χ3v) is 5.62. The lowest BCUT2D eigenvalue weighted by Crippen LogP contribution is -2.58. The molecular weight excluding hydrogens is 358 g/mol. The summed E-state index contributed by atoms with van der Waals surface area (Å²) < 4.78 is 11.0. The number of benzene rings is 2. The summed E-state index contributed by atoms with van der Waals surface area (Å²) in [6, 6.07) is 14.9. The monoisotopic (exact) mass is 381 g/mol. The summed E-state index contributed by atoms with van der Waals surface area (Å²) in [7, 11) is 0. The van der Waals surface area contributed by atoms with Crippen molar-refractivity contribution in [2.75, 3.05) is 19.8 Å². The maximum absolute atomic E-state index is 12.8. The van der Waals surface area contributed by atoms with Crippen molar-refractivity contribution in [1.29, 1.82) is 0 Å². The number of hydrogen-bond acceptors (Lipinski definition) is 4. The number of carboxylic acid groups (broad SMARTS) is 1. The first-order valence-corrected chi connectivity index (χ1v) is 9.55. The van der Waals surface area contributed by atoms with Gasteiger partial charge >= 0.3 is 12.1 Å². The van der Waals surface area contributed by atoms with E-state index < -0.39 is 18.1 Å². The van der Waals surface area contributed by atoms with E-state index in [1.165, 1.54) is 4.90 Å². The number of ether oxygens (including phenoxy) is 2. The van der Waals surface area contributed by atoms with Crippen molar-refractivity contribution in [3.05, 3.63) is 59.7 Å². The second-order valence-corrected chi connectivity index (χ2v) is 7.16. The van der Waals surface area contributed by atoms with Gasteiger partial charge in [0.05, 0.1) is 19.3 Å². The van der Waals surface area contributed by atoms with Gasteiger partial charge in [0, 0.05) is 5.92 Å². The highest BCUT2D eigenvalue weighted by Gasteiger charge is 2.40. The van der Waals surface area contributed by atoms with E-state index in [0.717, 1.165) is 22.3 Å². The molecule has 2 atom stereocenters. The van der Waals surface area contributed by atoms with Gasteiger partial charge in [0.1, 0.15) is 6.61 Å². The number of hydrogen-bond donors (Lipinski definition) is 1. The van der Waals surface area contributed by atoms with Crippen LogP contribution in [0.4, 0.5) is 4.79 Å². The maximum atomic E-state index is 12.8. The molecule has 1 heterocycles. The normalized spacial score (nSPS) is 21.1. The molecule has 4 rings (SSSR count). The first kappa shape index (κ1) is 18.5. The summed E-state index contributed by atoms with van der Waals surface area (Å²) in [4.78, 5) is 25.8. The molecule has 28 heavy (non-hydrogen) atoms. The fraction of sp³-hybridized carbons (Fsp3) is 0.364. The molecule has 1 aliphatic heterocycles. The minimum atomic E-state index is -1.08. The van der Waals surface area contributed by atoms with Gasteiger partial charge < -0.3 is 14.6 Å². The highest BCUT2D eigenvalue weighted by molar-refractivity contribution is 5.81. The molecular formula is C22H23NO5. The Morgan fingerprint density at radius 1 is 1.07 bits per heavy atom. The second-order valence-electron chi connectivity index (χ2n) is 7.16. The van der Waals surface area contributed by atoms with Crippen molar-refractivity contribution in [1.82, 2.24) is 4.90 Å². The van der Waals surface area contributed by atoms with Crippen molar-refractivity contribution in [3.8, 4) is 11.1 Å². The molecule has 1 saturated heterocycles. The topological polar surface area (TPSA) is 76.1 Å². The average molecular weight is 381 g/mol. The fourth-order valence-corrected chi connectivity index (χ4v) is 4.18. The summed E-state index contributed by atoms with van der Waals surface area (Å²) >= 11 is 0. The van der Waals surface area contributed by atoms with Crippen LogP contribution in [-0.4, -0.2) is 54.0 Å². The predicted molar refractivity (Wildman–Crippen MR) is 103 cm³/mol. The first-order chi connectivity index (χ1) is 13.6. The van der Waals surface area contributed by atoms with E-state index in [1.54, 1.807) is 0 Å². The zero-order valence-corrected chi connectivity index (χ0v) is 15.7. The van der Waals surface area contributed by atoms with Gasteiger partial charge in [-0.15, -0.1) is 0 Å². The number of carboxylic acids is 1. The van der Waals surface area contributed by atoms with Crippen molar-refractivity contribution in [2.45, 2.75) is 31.3 Å². The van der Waals surface area contributed by atoms with Crippen molar-refractivity contribution in [3.63, 3.8) is 0 Å². The molecule has 1 fully saturated rings. The molecule has 146 valence electrons. The minimum Gasteiger partial charge on any atom is -0.480 e. The number of carbonyl (C=O) groups excluding carboxylic acids is 1. The third-order valence-electron chi connectivity index (χ3n) is 5.62. The van der Waals surface area contributed by atoms with Crippen LogP contribution in [-0.2, 0) is 14.3 Å². The molecule has 0 radical (unpaired) electrons. The van der Waals surface area contributed by atoms with Gasteiger partial charge in [-0.25, -0.2) is 9.59 Å². The molecule has 0 saturated carbocycles. The second kappa shape index (κ2) is 7.64. The molecule has 0 spiro atoms. The lowest BCUT2D eigenvalue weighted by atomic mass is 9.98. The van der Waals surface area contributed by atoms with E-state index in [-0.39, 0.29) is 25.2 Å². The van der Waals surface area contributed by atoms with Crippen molar-refractivity contribution >= 4 is 12.1 Å². The summed E-state index contributed by atoms with van der Waals surface area (Å²) in [5, 5.41) is 9.48. The van der Waals surface area contributed by atoms with Gasteiger partial charge in [-0.05, 0) is 28.7 Å². The molecule has 2 aromatic rings. The lowest BCUT2D eigenvalue weighted by molar-refractivity contribution is -0.151. The first-order valence-electron chi connectivity index (χ1n) is 9.55. The highest BCUT2D eigenvalue weighted by atomic mass is 16.6.